The molecule has 0 amide bonds. The van der Waals surface area contributed by atoms with Crippen LogP contribution in [0.5, 0.6) is 0 Å². The summed E-state index contributed by atoms with van der Waals surface area (Å²) < 4.78 is 2.11. The van der Waals surface area contributed by atoms with Crippen LogP contribution in [-0.4, -0.2) is 5.78 Å². The van der Waals surface area contributed by atoms with E-state index in [4.69, 9.17) is 0 Å². The van der Waals surface area contributed by atoms with E-state index >= 15 is 0 Å². The van der Waals surface area contributed by atoms with Gasteiger partial charge in [0, 0.05) is 42.3 Å². The minimum Gasteiger partial charge on any atom is -0.299 e. The Balaban J connectivity index is 1.94. The number of rotatable bonds is 4. The highest BCUT2D eigenvalue weighted by Gasteiger charge is 2.08. The van der Waals surface area contributed by atoms with Gasteiger partial charge in [0.2, 0.25) is 0 Å². The van der Waals surface area contributed by atoms with Crippen LogP contribution in [0.15, 0.2) is 31.8 Å². The van der Waals surface area contributed by atoms with Crippen LogP contribution >= 0.6 is 54.5 Å². The molecule has 5 heteroatoms. The summed E-state index contributed by atoms with van der Waals surface area (Å²) >= 11 is 10.0. The molecule has 0 radical (unpaired) electrons. The lowest BCUT2D eigenvalue weighted by atomic mass is 10.2. The normalized spacial score (nSPS) is 10.6. The molecule has 0 N–H and O–H groups in total. The summed E-state index contributed by atoms with van der Waals surface area (Å²) in [6.07, 6.45) is 1.07. The summed E-state index contributed by atoms with van der Waals surface area (Å²) in [5, 5.41) is 4.01. The predicted molar refractivity (Wildman–Crippen MR) is 76.5 cm³/mol. The van der Waals surface area contributed by atoms with E-state index in [1.54, 1.807) is 22.7 Å². The molecule has 0 saturated heterocycles. The highest BCUT2D eigenvalue weighted by molar-refractivity contribution is 9.10. The lowest BCUT2D eigenvalue weighted by molar-refractivity contribution is -0.117. The molecule has 0 aliphatic carbocycles. The number of Topliss-reactive ketones (excluding diaryl/α,β-unsaturated/α-hetero) is 1. The Hall–Kier alpha value is 0.0300. The third kappa shape index (κ3) is 3.52. The van der Waals surface area contributed by atoms with E-state index in [-0.39, 0.29) is 5.78 Å². The van der Waals surface area contributed by atoms with Gasteiger partial charge in [0.05, 0.1) is 0 Å². The van der Waals surface area contributed by atoms with Crippen molar-refractivity contribution in [1.29, 1.82) is 0 Å². The molecule has 0 aliphatic rings. The average molecular weight is 380 g/mol. The van der Waals surface area contributed by atoms with Crippen molar-refractivity contribution in [3.05, 3.63) is 41.6 Å². The van der Waals surface area contributed by atoms with Crippen molar-refractivity contribution in [2.45, 2.75) is 12.8 Å². The van der Waals surface area contributed by atoms with Crippen molar-refractivity contribution in [2.24, 2.45) is 0 Å². The fourth-order valence-electron chi connectivity index (χ4n) is 1.34. The lowest BCUT2D eigenvalue weighted by Crippen LogP contribution is -2.03. The van der Waals surface area contributed by atoms with Crippen LogP contribution in [0.25, 0.3) is 0 Å². The quantitative estimate of drug-likeness (QED) is 0.753. The fraction of sp³-hybridized carbons (Fsp3) is 0.182. The molecule has 2 heterocycles. The summed E-state index contributed by atoms with van der Waals surface area (Å²) in [4.78, 5) is 14.0. The number of halogens is 2. The summed E-state index contributed by atoms with van der Waals surface area (Å²) in [7, 11) is 0. The van der Waals surface area contributed by atoms with Gasteiger partial charge in [0.25, 0.3) is 0 Å². The van der Waals surface area contributed by atoms with E-state index in [0.717, 1.165) is 18.7 Å². The highest BCUT2D eigenvalue weighted by atomic mass is 79.9. The fourth-order valence-corrected chi connectivity index (χ4v) is 4.30. The van der Waals surface area contributed by atoms with Gasteiger partial charge < -0.3 is 0 Å². The first-order chi connectivity index (χ1) is 7.63. The summed E-state index contributed by atoms with van der Waals surface area (Å²) in [5.41, 5.74) is 0. The minimum absolute atomic E-state index is 0.267. The standard InChI is InChI=1S/C11H8Br2OS2/c12-7-1-10(15-5-7)3-9(14)4-11-2-8(13)6-16-11/h1-2,5-6H,3-4H2. The Morgan fingerprint density at radius 1 is 1.00 bits per heavy atom. The van der Waals surface area contributed by atoms with Gasteiger partial charge >= 0.3 is 0 Å². The number of thiophene rings is 2. The van der Waals surface area contributed by atoms with E-state index in [2.05, 4.69) is 31.9 Å². The smallest absolute Gasteiger partial charge is 0.143 e. The van der Waals surface area contributed by atoms with Crippen LogP contribution in [0.1, 0.15) is 9.75 Å². The second-order valence-electron chi connectivity index (χ2n) is 3.35. The Kier molecular flexibility index (Phi) is 4.35. The second-order valence-corrected chi connectivity index (χ2v) is 7.18. The maximum atomic E-state index is 11.8. The average Bonchev–Trinajstić information content (AvgIpc) is 2.76. The Labute approximate surface area is 119 Å². The van der Waals surface area contributed by atoms with Crippen LogP contribution < -0.4 is 0 Å². The number of carbonyl (C=O) groups excluding carboxylic acids is 1. The van der Waals surface area contributed by atoms with Gasteiger partial charge in [0.15, 0.2) is 0 Å². The molecule has 2 aromatic rings. The van der Waals surface area contributed by atoms with Gasteiger partial charge in [-0.15, -0.1) is 22.7 Å². The van der Waals surface area contributed by atoms with E-state index in [1.165, 1.54) is 0 Å². The van der Waals surface area contributed by atoms with E-state index < -0.39 is 0 Å². The molecule has 2 aromatic heterocycles. The third-order valence-corrected chi connectivity index (χ3v) is 5.38. The largest absolute Gasteiger partial charge is 0.299 e. The number of carbonyl (C=O) groups is 1. The van der Waals surface area contributed by atoms with Crippen molar-refractivity contribution in [3.8, 4) is 0 Å². The molecule has 0 aromatic carbocycles. The van der Waals surface area contributed by atoms with Gasteiger partial charge in [-0.2, -0.15) is 0 Å². The monoisotopic (exact) mass is 378 g/mol. The van der Waals surface area contributed by atoms with Crippen molar-refractivity contribution < 1.29 is 4.79 Å². The van der Waals surface area contributed by atoms with Crippen LogP contribution in [0, 0.1) is 0 Å². The Bertz CT molecular complexity index is 457. The molecule has 0 saturated carbocycles. The maximum absolute atomic E-state index is 11.8. The molecule has 0 bridgehead atoms. The van der Waals surface area contributed by atoms with Crippen LogP contribution in [0.3, 0.4) is 0 Å². The molecule has 16 heavy (non-hydrogen) atoms. The molecule has 0 spiro atoms. The minimum atomic E-state index is 0.267. The van der Waals surface area contributed by atoms with Crippen molar-refractivity contribution in [3.63, 3.8) is 0 Å². The summed E-state index contributed by atoms with van der Waals surface area (Å²) in [6, 6.07) is 4.01. The zero-order valence-electron chi connectivity index (χ0n) is 8.20. The topological polar surface area (TPSA) is 17.1 Å². The summed E-state index contributed by atoms with van der Waals surface area (Å²) in [6.45, 7) is 0. The molecule has 2 rings (SSSR count). The highest BCUT2D eigenvalue weighted by Crippen LogP contribution is 2.23. The van der Waals surface area contributed by atoms with Crippen LogP contribution in [0.2, 0.25) is 0 Å². The number of hydrogen-bond donors (Lipinski definition) is 0. The number of ketones is 1. The summed E-state index contributed by atoms with van der Waals surface area (Å²) in [5.74, 6) is 0.267. The van der Waals surface area contributed by atoms with Crippen LogP contribution in [0.4, 0.5) is 0 Å². The predicted octanol–water partition coefficient (Wildman–Crippen LogP) is 4.69. The molecule has 1 nitrogen and oxygen atoms in total. The lowest BCUT2D eigenvalue weighted by Gasteiger charge is -1.95. The zero-order chi connectivity index (χ0) is 11.5. The first-order valence-electron chi connectivity index (χ1n) is 4.61. The molecular weight excluding hydrogens is 372 g/mol. The first-order valence-corrected chi connectivity index (χ1v) is 7.95. The van der Waals surface area contributed by atoms with E-state index in [9.17, 15) is 4.79 Å². The van der Waals surface area contributed by atoms with Crippen molar-refractivity contribution in [2.75, 3.05) is 0 Å². The molecule has 0 fully saturated rings. The van der Waals surface area contributed by atoms with E-state index in [0.29, 0.717) is 12.8 Å². The van der Waals surface area contributed by atoms with Gasteiger partial charge in [-0.1, -0.05) is 0 Å². The van der Waals surface area contributed by atoms with Crippen LogP contribution in [-0.2, 0) is 17.6 Å². The van der Waals surface area contributed by atoms with E-state index in [1.807, 2.05) is 22.9 Å². The first kappa shape index (κ1) is 12.5. The van der Waals surface area contributed by atoms with Gasteiger partial charge in [0.1, 0.15) is 5.78 Å². The maximum Gasteiger partial charge on any atom is 0.143 e. The Morgan fingerprint density at radius 2 is 1.44 bits per heavy atom. The molecule has 0 unspecified atom stereocenters. The molecule has 0 atom stereocenters. The van der Waals surface area contributed by atoms with Gasteiger partial charge in [-0.25, -0.2) is 0 Å². The number of hydrogen-bond acceptors (Lipinski definition) is 3. The third-order valence-electron chi connectivity index (χ3n) is 1.99. The van der Waals surface area contributed by atoms with Gasteiger partial charge in [-0.05, 0) is 44.0 Å². The van der Waals surface area contributed by atoms with Gasteiger partial charge in [-0.3, -0.25) is 4.79 Å². The Morgan fingerprint density at radius 3 is 1.75 bits per heavy atom. The molecule has 0 aliphatic heterocycles. The molecule has 84 valence electrons. The molecular formula is C11H8Br2OS2. The zero-order valence-corrected chi connectivity index (χ0v) is 13.0. The SMILES string of the molecule is O=C(Cc1cc(Br)cs1)Cc1cc(Br)cs1. The second kappa shape index (κ2) is 5.58. The van der Waals surface area contributed by atoms with Crippen molar-refractivity contribution in [1.82, 2.24) is 0 Å². The van der Waals surface area contributed by atoms with Crippen molar-refractivity contribution >= 4 is 60.3 Å².